The van der Waals surface area contributed by atoms with Crippen LogP contribution in [0.2, 0.25) is 0 Å². The lowest BCUT2D eigenvalue weighted by Crippen LogP contribution is -2.37. The van der Waals surface area contributed by atoms with Gasteiger partial charge in [-0.15, -0.1) is 0 Å². The van der Waals surface area contributed by atoms with Gasteiger partial charge < -0.3 is 29.6 Å². The van der Waals surface area contributed by atoms with Crippen LogP contribution in [0, 0.1) is 0 Å². The molecule has 0 spiro atoms. The molecule has 0 aromatic heterocycles. The third-order valence-electron chi connectivity index (χ3n) is 4.42. The number of nitrogens with zero attached hydrogens (tertiary/aromatic N) is 1. The summed E-state index contributed by atoms with van der Waals surface area (Å²) in [4.78, 5) is 38.1. The Hall–Kier alpha value is -3.75. The molecule has 0 aliphatic carbocycles. The van der Waals surface area contributed by atoms with E-state index in [1.165, 1.54) is 17.0 Å². The summed E-state index contributed by atoms with van der Waals surface area (Å²) >= 11 is 0. The largest absolute Gasteiger partial charge is 0.490 e. The number of ether oxygens (including phenoxy) is 4. The Labute approximate surface area is 193 Å². The number of para-hydroxylation sites is 1. The molecular weight excluding hydrogens is 428 g/mol. The number of anilines is 1. The molecule has 9 heteroatoms. The number of carbonyl (C=O) groups is 3. The second-order valence-electron chi connectivity index (χ2n) is 6.77. The number of hydrogen-bond acceptors (Lipinski definition) is 7. The van der Waals surface area contributed by atoms with Gasteiger partial charge in [-0.2, -0.15) is 0 Å². The summed E-state index contributed by atoms with van der Waals surface area (Å²) in [6.45, 7) is 6.10. The molecule has 0 fully saturated rings. The van der Waals surface area contributed by atoms with Crippen molar-refractivity contribution in [2.24, 2.45) is 5.73 Å². The highest BCUT2D eigenvalue weighted by Crippen LogP contribution is 2.39. The summed E-state index contributed by atoms with van der Waals surface area (Å²) in [5.41, 5.74) is 5.95. The van der Waals surface area contributed by atoms with Crippen LogP contribution in [0.5, 0.6) is 17.2 Å². The third-order valence-corrected chi connectivity index (χ3v) is 4.42. The maximum absolute atomic E-state index is 12.8. The van der Waals surface area contributed by atoms with Gasteiger partial charge in [-0.3, -0.25) is 9.59 Å². The molecule has 0 aliphatic rings. The fourth-order valence-electron chi connectivity index (χ4n) is 3.02. The molecule has 0 aliphatic heterocycles. The van der Waals surface area contributed by atoms with Crippen molar-refractivity contribution in [2.75, 3.05) is 37.9 Å². The molecule has 2 aromatic rings. The van der Waals surface area contributed by atoms with Gasteiger partial charge in [-0.1, -0.05) is 18.2 Å². The van der Waals surface area contributed by atoms with Crippen LogP contribution in [0.1, 0.15) is 37.6 Å². The second-order valence-corrected chi connectivity index (χ2v) is 6.77. The molecule has 0 atom stereocenters. The van der Waals surface area contributed by atoms with Crippen LogP contribution in [0.4, 0.5) is 5.69 Å². The zero-order valence-electron chi connectivity index (χ0n) is 19.2. The summed E-state index contributed by atoms with van der Waals surface area (Å²) in [7, 11) is 0. The van der Waals surface area contributed by atoms with E-state index in [0.717, 1.165) is 0 Å². The number of amides is 2. The van der Waals surface area contributed by atoms with Crippen molar-refractivity contribution < 1.29 is 33.3 Å². The van der Waals surface area contributed by atoms with Gasteiger partial charge in [-0.05, 0) is 45.0 Å². The summed E-state index contributed by atoms with van der Waals surface area (Å²) in [5.74, 6) is -0.669. The summed E-state index contributed by atoms with van der Waals surface area (Å²) in [5, 5.41) is 0. The molecule has 2 rings (SSSR count). The molecule has 178 valence electrons. The Kier molecular flexibility index (Phi) is 10.0. The third kappa shape index (κ3) is 7.41. The highest BCUT2D eigenvalue weighted by atomic mass is 16.5. The Morgan fingerprint density at radius 2 is 1.45 bits per heavy atom. The van der Waals surface area contributed by atoms with Gasteiger partial charge in [0.25, 0.3) is 5.91 Å². The molecule has 0 radical (unpaired) electrons. The fraction of sp³-hybridized carbons (Fsp3) is 0.375. The van der Waals surface area contributed by atoms with E-state index in [9.17, 15) is 14.4 Å². The number of esters is 1. The average Bonchev–Trinajstić information content (AvgIpc) is 2.80. The van der Waals surface area contributed by atoms with Crippen LogP contribution >= 0.6 is 0 Å². The molecule has 2 N–H and O–H groups in total. The zero-order chi connectivity index (χ0) is 24.2. The second kappa shape index (κ2) is 12.9. The lowest BCUT2D eigenvalue weighted by Gasteiger charge is -2.22. The van der Waals surface area contributed by atoms with Gasteiger partial charge in [0.05, 0.1) is 25.4 Å². The van der Waals surface area contributed by atoms with Crippen LogP contribution in [-0.4, -0.2) is 50.8 Å². The zero-order valence-corrected chi connectivity index (χ0v) is 19.2. The minimum Gasteiger partial charge on any atom is -0.490 e. The maximum atomic E-state index is 12.8. The number of carbonyl (C=O) groups excluding carboxylic acids is 3. The van der Waals surface area contributed by atoms with Crippen molar-refractivity contribution in [1.29, 1.82) is 0 Å². The minimum atomic E-state index is -0.726. The van der Waals surface area contributed by atoms with Crippen molar-refractivity contribution in [2.45, 2.75) is 27.2 Å². The van der Waals surface area contributed by atoms with E-state index in [4.69, 9.17) is 24.7 Å². The van der Waals surface area contributed by atoms with Crippen LogP contribution < -0.4 is 24.8 Å². The number of hydrogen-bond donors (Lipinski definition) is 1. The van der Waals surface area contributed by atoms with E-state index in [1.54, 1.807) is 30.3 Å². The van der Waals surface area contributed by atoms with Crippen molar-refractivity contribution in [3.8, 4) is 17.2 Å². The standard InChI is InChI=1S/C24H30N2O7/c1-4-30-19-14-17(15-20(31-5-2)23(19)32-6-3)24(29)33-16-22(28)26(13-12-21(25)27)18-10-8-7-9-11-18/h7-11,14-15H,4-6,12-13,16H2,1-3H3,(H2,25,27). The summed E-state index contributed by atoms with van der Waals surface area (Å²) < 4.78 is 22.1. The first kappa shape index (κ1) is 25.5. The molecule has 33 heavy (non-hydrogen) atoms. The molecule has 0 saturated carbocycles. The van der Waals surface area contributed by atoms with E-state index in [0.29, 0.717) is 42.8 Å². The first-order valence-electron chi connectivity index (χ1n) is 10.8. The lowest BCUT2D eigenvalue weighted by atomic mass is 10.2. The quantitative estimate of drug-likeness (QED) is 0.459. The van der Waals surface area contributed by atoms with E-state index in [2.05, 4.69) is 0 Å². The first-order chi connectivity index (χ1) is 15.9. The molecule has 2 aromatic carbocycles. The van der Waals surface area contributed by atoms with Crippen molar-refractivity contribution in [3.05, 3.63) is 48.0 Å². The Morgan fingerprint density at radius 1 is 0.879 bits per heavy atom. The molecular formula is C24H30N2O7. The molecule has 0 unspecified atom stereocenters. The van der Waals surface area contributed by atoms with Gasteiger partial charge >= 0.3 is 5.97 Å². The van der Waals surface area contributed by atoms with E-state index in [-0.39, 0.29) is 18.5 Å². The summed E-state index contributed by atoms with van der Waals surface area (Å²) in [6.07, 6.45) is -0.0249. The van der Waals surface area contributed by atoms with Gasteiger partial charge in [0, 0.05) is 18.7 Å². The molecule has 0 bridgehead atoms. The Morgan fingerprint density at radius 3 is 1.97 bits per heavy atom. The normalized spacial score (nSPS) is 10.3. The minimum absolute atomic E-state index is 0.0249. The predicted octanol–water partition coefficient (Wildman–Crippen LogP) is 2.95. The number of nitrogens with two attached hydrogens (primary N) is 1. The molecule has 2 amide bonds. The van der Waals surface area contributed by atoms with Gasteiger partial charge in [-0.25, -0.2) is 4.79 Å². The number of rotatable bonds is 13. The average molecular weight is 459 g/mol. The maximum Gasteiger partial charge on any atom is 0.338 e. The van der Waals surface area contributed by atoms with Crippen LogP contribution in [0.15, 0.2) is 42.5 Å². The SMILES string of the molecule is CCOc1cc(C(=O)OCC(=O)N(CCC(N)=O)c2ccccc2)cc(OCC)c1OCC. The van der Waals surface area contributed by atoms with Crippen LogP contribution in [-0.2, 0) is 14.3 Å². The fourth-order valence-corrected chi connectivity index (χ4v) is 3.02. The first-order valence-corrected chi connectivity index (χ1v) is 10.8. The predicted molar refractivity (Wildman–Crippen MR) is 123 cm³/mol. The topological polar surface area (TPSA) is 117 Å². The smallest absolute Gasteiger partial charge is 0.338 e. The van der Waals surface area contributed by atoms with E-state index >= 15 is 0 Å². The van der Waals surface area contributed by atoms with Crippen molar-refractivity contribution >= 4 is 23.5 Å². The highest BCUT2D eigenvalue weighted by molar-refractivity contribution is 5.98. The lowest BCUT2D eigenvalue weighted by molar-refractivity contribution is -0.121. The van der Waals surface area contributed by atoms with Crippen molar-refractivity contribution in [3.63, 3.8) is 0 Å². The van der Waals surface area contributed by atoms with Crippen molar-refractivity contribution in [1.82, 2.24) is 0 Å². The van der Waals surface area contributed by atoms with E-state index in [1.807, 2.05) is 20.8 Å². The van der Waals surface area contributed by atoms with Crippen LogP contribution in [0.25, 0.3) is 0 Å². The Bertz CT molecular complexity index is 920. The monoisotopic (exact) mass is 458 g/mol. The van der Waals surface area contributed by atoms with Gasteiger partial charge in [0.2, 0.25) is 11.7 Å². The Balaban J connectivity index is 2.20. The number of primary amides is 1. The summed E-state index contributed by atoms with van der Waals surface area (Å²) in [6, 6.07) is 11.7. The van der Waals surface area contributed by atoms with Crippen LogP contribution in [0.3, 0.4) is 0 Å². The molecule has 0 heterocycles. The van der Waals surface area contributed by atoms with E-state index < -0.39 is 24.4 Å². The highest BCUT2D eigenvalue weighted by Gasteiger charge is 2.22. The number of benzene rings is 2. The van der Waals surface area contributed by atoms with Gasteiger partial charge in [0.15, 0.2) is 18.1 Å². The molecule has 0 saturated heterocycles. The van der Waals surface area contributed by atoms with Gasteiger partial charge in [0.1, 0.15) is 0 Å². The molecule has 9 nitrogen and oxygen atoms in total.